The minimum absolute atomic E-state index is 0.640. The maximum absolute atomic E-state index is 4.50. The van der Waals surface area contributed by atoms with E-state index in [1.54, 1.807) is 17.5 Å². The molecule has 0 bridgehead atoms. The Balaban J connectivity index is 1.81. The van der Waals surface area contributed by atoms with Crippen molar-refractivity contribution in [3.63, 3.8) is 0 Å². The van der Waals surface area contributed by atoms with Crippen molar-refractivity contribution in [3.05, 3.63) is 29.4 Å². The topological polar surface area (TPSA) is 67.7 Å². The predicted octanol–water partition coefficient (Wildman–Crippen LogP) is 2.35. The third kappa shape index (κ3) is 2.57. The molecule has 0 aliphatic rings. The molecule has 3 aromatic rings. The normalized spacial score (nSPS) is 10.9. The second-order valence-corrected chi connectivity index (χ2v) is 5.65. The smallest absolute Gasteiger partial charge is 0.225 e. The monoisotopic (exact) mass is 288 g/mol. The summed E-state index contributed by atoms with van der Waals surface area (Å²) in [5.74, 6) is 1.51. The molecule has 0 fully saturated rings. The van der Waals surface area contributed by atoms with E-state index in [0.717, 1.165) is 29.1 Å². The van der Waals surface area contributed by atoms with E-state index in [1.807, 2.05) is 24.0 Å². The largest absolute Gasteiger partial charge is 0.368 e. The summed E-state index contributed by atoms with van der Waals surface area (Å²) in [7, 11) is 1.83. The van der Waals surface area contributed by atoms with E-state index < -0.39 is 0 Å². The van der Waals surface area contributed by atoms with Crippen molar-refractivity contribution in [3.8, 4) is 0 Å². The molecular weight excluding hydrogens is 272 g/mol. The van der Waals surface area contributed by atoms with Crippen LogP contribution in [0, 0.1) is 6.92 Å². The number of aryl methyl sites for hydroxylation is 1. The summed E-state index contributed by atoms with van der Waals surface area (Å²) < 4.78 is 1.89. The number of fused-ring (bicyclic) bond motifs is 1. The van der Waals surface area contributed by atoms with Crippen LogP contribution in [0.2, 0.25) is 0 Å². The van der Waals surface area contributed by atoms with E-state index in [-0.39, 0.29) is 0 Å². The van der Waals surface area contributed by atoms with Crippen molar-refractivity contribution >= 4 is 33.3 Å². The summed E-state index contributed by atoms with van der Waals surface area (Å²) in [5.41, 5.74) is 0. The lowest BCUT2D eigenvalue weighted by molar-refractivity contribution is 0.637. The Labute approximate surface area is 120 Å². The Morgan fingerprint density at radius 1 is 1.35 bits per heavy atom. The molecule has 3 heterocycles. The van der Waals surface area contributed by atoms with Crippen LogP contribution in [0.1, 0.15) is 4.88 Å². The Kier molecular flexibility index (Phi) is 3.51. The van der Waals surface area contributed by atoms with Gasteiger partial charge in [0.15, 0.2) is 0 Å². The van der Waals surface area contributed by atoms with Gasteiger partial charge in [0.05, 0.1) is 11.9 Å². The van der Waals surface area contributed by atoms with Gasteiger partial charge in [0.25, 0.3) is 0 Å². The van der Waals surface area contributed by atoms with E-state index in [1.165, 1.54) is 4.88 Å². The molecule has 3 rings (SSSR count). The lowest BCUT2D eigenvalue weighted by Gasteiger charge is -2.08. The second kappa shape index (κ2) is 5.46. The van der Waals surface area contributed by atoms with Crippen LogP contribution < -0.4 is 10.6 Å². The predicted molar refractivity (Wildman–Crippen MR) is 82.4 cm³/mol. The first-order valence-electron chi connectivity index (χ1n) is 6.43. The maximum atomic E-state index is 4.50. The summed E-state index contributed by atoms with van der Waals surface area (Å²) in [6.07, 6.45) is 3.73. The summed E-state index contributed by atoms with van der Waals surface area (Å²) in [4.78, 5) is 11.2. The lowest BCUT2D eigenvalue weighted by Crippen LogP contribution is -2.12. The molecule has 0 amide bonds. The van der Waals surface area contributed by atoms with Crippen molar-refractivity contribution in [2.24, 2.45) is 0 Å². The van der Waals surface area contributed by atoms with Gasteiger partial charge in [-0.3, -0.25) is 4.68 Å². The lowest BCUT2D eigenvalue weighted by atomic mass is 10.3. The van der Waals surface area contributed by atoms with Crippen LogP contribution >= 0.6 is 11.3 Å². The van der Waals surface area contributed by atoms with Gasteiger partial charge in [-0.2, -0.15) is 10.1 Å². The van der Waals surface area contributed by atoms with Crippen molar-refractivity contribution in [1.82, 2.24) is 19.7 Å². The average Bonchev–Trinajstić information content (AvgIpc) is 3.06. The third-order valence-corrected chi connectivity index (χ3v) is 3.88. The van der Waals surface area contributed by atoms with Crippen LogP contribution in [-0.4, -0.2) is 33.3 Å². The summed E-state index contributed by atoms with van der Waals surface area (Å²) in [6, 6.07) is 4.04. The van der Waals surface area contributed by atoms with E-state index in [2.05, 4.69) is 38.7 Å². The molecule has 0 aromatic carbocycles. The highest BCUT2D eigenvalue weighted by Crippen LogP contribution is 2.29. The van der Waals surface area contributed by atoms with Crippen molar-refractivity contribution < 1.29 is 0 Å². The number of anilines is 2. The first-order valence-corrected chi connectivity index (χ1v) is 7.25. The zero-order valence-corrected chi connectivity index (χ0v) is 12.2. The Morgan fingerprint density at radius 3 is 3.00 bits per heavy atom. The highest BCUT2D eigenvalue weighted by atomic mass is 32.1. The van der Waals surface area contributed by atoms with Crippen LogP contribution in [0.25, 0.3) is 10.2 Å². The second-order valence-electron chi connectivity index (χ2n) is 4.42. The van der Waals surface area contributed by atoms with Gasteiger partial charge in [-0.25, -0.2) is 4.98 Å². The van der Waals surface area contributed by atoms with Gasteiger partial charge in [0, 0.05) is 30.9 Å². The number of nitrogens with one attached hydrogen (secondary N) is 2. The molecule has 0 saturated carbocycles. The molecule has 3 aromatic heterocycles. The first-order chi connectivity index (χ1) is 9.76. The number of aromatic nitrogens is 4. The van der Waals surface area contributed by atoms with E-state index in [9.17, 15) is 0 Å². The van der Waals surface area contributed by atoms with E-state index in [4.69, 9.17) is 0 Å². The van der Waals surface area contributed by atoms with Gasteiger partial charge >= 0.3 is 0 Å². The summed E-state index contributed by atoms with van der Waals surface area (Å²) >= 11 is 1.68. The molecule has 0 spiro atoms. The molecule has 20 heavy (non-hydrogen) atoms. The number of thiophene rings is 1. The molecule has 2 N–H and O–H groups in total. The molecule has 0 aliphatic carbocycles. The average molecular weight is 288 g/mol. The van der Waals surface area contributed by atoms with Gasteiger partial charge in [-0.15, -0.1) is 11.3 Å². The van der Waals surface area contributed by atoms with Gasteiger partial charge in [0.1, 0.15) is 10.6 Å². The Bertz CT molecular complexity index is 703. The number of nitrogens with zero attached hydrogens (tertiary/aromatic N) is 4. The third-order valence-electron chi connectivity index (χ3n) is 2.93. The van der Waals surface area contributed by atoms with Crippen molar-refractivity contribution in [1.29, 1.82) is 0 Å². The van der Waals surface area contributed by atoms with Crippen molar-refractivity contribution in [2.45, 2.75) is 13.5 Å². The van der Waals surface area contributed by atoms with Crippen LogP contribution in [0.5, 0.6) is 0 Å². The summed E-state index contributed by atoms with van der Waals surface area (Å²) in [6.45, 7) is 3.65. The molecule has 0 unspecified atom stereocenters. The zero-order valence-electron chi connectivity index (χ0n) is 11.4. The molecule has 0 aliphatic heterocycles. The fraction of sp³-hybridized carbons (Fsp3) is 0.308. The molecule has 0 saturated heterocycles. The molecule has 6 nitrogen and oxygen atoms in total. The summed E-state index contributed by atoms with van der Waals surface area (Å²) in [5, 5.41) is 11.6. The number of hydrogen-bond acceptors (Lipinski definition) is 6. The van der Waals surface area contributed by atoms with Crippen molar-refractivity contribution in [2.75, 3.05) is 24.2 Å². The highest BCUT2D eigenvalue weighted by Gasteiger charge is 2.09. The number of rotatable bonds is 5. The molecular formula is C13H16N6S. The zero-order chi connectivity index (χ0) is 13.9. The molecule has 7 heteroatoms. The van der Waals surface area contributed by atoms with Gasteiger partial charge < -0.3 is 10.6 Å². The SMILES string of the molecule is CNc1nc(NCCn2cccn2)c2cc(C)sc2n1. The Hall–Kier alpha value is -2.15. The van der Waals surface area contributed by atoms with Crippen LogP contribution in [-0.2, 0) is 6.54 Å². The Morgan fingerprint density at radius 2 is 2.25 bits per heavy atom. The highest BCUT2D eigenvalue weighted by molar-refractivity contribution is 7.18. The fourth-order valence-corrected chi connectivity index (χ4v) is 2.89. The first kappa shape index (κ1) is 12.9. The van der Waals surface area contributed by atoms with Gasteiger partial charge in [-0.1, -0.05) is 0 Å². The van der Waals surface area contributed by atoms with Crippen LogP contribution in [0.3, 0.4) is 0 Å². The molecule has 104 valence electrons. The molecule has 0 atom stereocenters. The van der Waals surface area contributed by atoms with E-state index >= 15 is 0 Å². The maximum Gasteiger partial charge on any atom is 0.225 e. The van der Waals surface area contributed by atoms with Gasteiger partial charge in [-0.05, 0) is 19.1 Å². The van der Waals surface area contributed by atoms with Gasteiger partial charge in [0.2, 0.25) is 5.95 Å². The quantitative estimate of drug-likeness (QED) is 0.754. The van der Waals surface area contributed by atoms with Crippen LogP contribution in [0.4, 0.5) is 11.8 Å². The van der Waals surface area contributed by atoms with Crippen LogP contribution in [0.15, 0.2) is 24.5 Å². The minimum atomic E-state index is 0.640. The molecule has 0 radical (unpaired) electrons. The fourth-order valence-electron chi connectivity index (χ4n) is 2.01. The minimum Gasteiger partial charge on any atom is -0.368 e. The van der Waals surface area contributed by atoms with E-state index in [0.29, 0.717) is 5.95 Å². The number of hydrogen-bond donors (Lipinski definition) is 2. The standard InChI is InChI=1S/C13H16N6S/c1-9-8-10-11(15-5-7-19-6-3-4-16-19)17-13(14-2)18-12(10)20-9/h3-4,6,8H,5,7H2,1-2H3,(H2,14,15,17,18).